The third-order valence-electron chi connectivity index (χ3n) is 3.66. The molecule has 0 radical (unpaired) electrons. The minimum atomic E-state index is -0.379. The Morgan fingerprint density at radius 3 is 2.47 bits per heavy atom. The molecular weight excluding hydrogens is 234 g/mol. The van der Waals surface area contributed by atoms with Crippen LogP contribution in [0.15, 0.2) is 24.3 Å². The third kappa shape index (κ3) is 2.87. The van der Waals surface area contributed by atoms with Crippen molar-refractivity contribution >= 4 is 0 Å². The second kappa shape index (κ2) is 4.82. The summed E-state index contributed by atoms with van der Waals surface area (Å²) in [6, 6.07) is 8.57. The molecule has 0 bridgehead atoms. The summed E-state index contributed by atoms with van der Waals surface area (Å²) in [6.45, 7) is 8.33. The van der Waals surface area contributed by atoms with Crippen LogP contribution in [-0.2, 0) is 19.0 Å². The van der Waals surface area contributed by atoms with E-state index in [2.05, 4.69) is 50.1 Å². The maximum atomic E-state index is 6.58. The number of nitrogens with two attached hydrogens (primary N) is 1. The van der Waals surface area contributed by atoms with E-state index in [0.717, 1.165) is 12.1 Å². The van der Waals surface area contributed by atoms with Gasteiger partial charge in [-0.25, -0.2) is 0 Å². The lowest BCUT2D eigenvalue weighted by Gasteiger charge is -2.27. The van der Waals surface area contributed by atoms with Gasteiger partial charge in [-0.1, -0.05) is 23.8 Å². The van der Waals surface area contributed by atoms with Gasteiger partial charge in [0.25, 0.3) is 0 Å². The molecule has 2 N–H and O–H groups in total. The quantitative estimate of drug-likeness (QED) is 0.919. The lowest BCUT2D eigenvalue weighted by molar-refractivity contribution is 0.469. The monoisotopic (exact) mass is 257 g/mol. The number of rotatable bonds is 3. The maximum absolute atomic E-state index is 6.58. The van der Waals surface area contributed by atoms with Crippen molar-refractivity contribution in [3.63, 3.8) is 0 Å². The van der Waals surface area contributed by atoms with Crippen molar-refractivity contribution in [2.45, 2.75) is 39.7 Å². The number of hydrogen-bond acceptors (Lipinski definition) is 2. The first-order valence-electron chi connectivity index (χ1n) is 6.66. The van der Waals surface area contributed by atoms with Gasteiger partial charge in [0.1, 0.15) is 0 Å². The Balaban J connectivity index is 2.37. The van der Waals surface area contributed by atoms with Crippen molar-refractivity contribution in [2.75, 3.05) is 0 Å². The predicted octanol–water partition coefficient (Wildman–Crippen LogP) is 2.76. The molecule has 0 aliphatic carbocycles. The highest BCUT2D eigenvalue weighted by atomic mass is 15.3. The van der Waals surface area contributed by atoms with Gasteiger partial charge in [-0.15, -0.1) is 0 Å². The molecule has 1 heterocycles. The summed E-state index contributed by atoms with van der Waals surface area (Å²) >= 11 is 0. The van der Waals surface area contributed by atoms with Crippen LogP contribution in [0.1, 0.15) is 35.0 Å². The molecule has 3 nitrogen and oxygen atoms in total. The van der Waals surface area contributed by atoms with Crippen molar-refractivity contribution in [3.8, 4) is 0 Å². The number of aromatic nitrogens is 2. The minimum Gasteiger partial charge on any atom is -0.321 e. The lowest BCUT2D eigenvalue weighted by atomic mass is 9.84. The lowest BCUT2D eigenvalue weighted by Crippen LogP contribution is -2.37. The normalized spacial score (nSPS) is 14.4. The molecular formula is C16H23N3. The van der Waals surface area contributed by atoms with Gasteiger partial charge in [-0.3, -0.25) is 4.68 Å². The molecule has 0 aliphatic heterocycles. The second-order valence-electron chi connectivity index (χ2n) is 5.81. The van der Waals surface area contributed by atoms with Gasteiger partial charge in [0.05, 0.1) is 5.69 Å². The van der Waals surface area contributed by atoms with Gasteiger partial charge in [0.15, 0.2) is 0 Å². The van der Waals surface area contributed by atoms with E-state index in [1.807, 2.05) is 18.7 Å². The molecule has 0 amide bonds. The van der Waals surface area contributed by atoms with E-state index >= 15 is 0 Å². The molecule has 19 heavy (non-hydrogen) atoms. The van der Waals surface area contributed by atoms with Gasteiger partial charge in [0.2, 0.25) is 0 Å². The van der Waals surface area contributed by atoms with Crippen LogP contribution in [0.4, 0.5) is 0 Å². The number of hydrogen-bond donors (Lipinski definition) is 1. The first-order valence-corrected chi connectivity index (χ1v) is 6.66. The molecule has 102 valence electrons. The molecule has 0 saturated heterocycles. The molecule has 0 fully saturated rings. The summed E-state index contributed by atoms with van der Waals surface area (Å²) in [6.07, 6.45) is 0.786. The van der Waals surface area contributed by atoms with Gasteiger partial charge < -0.3 is 5.73 Å². The Kier molecular flexibility index (Phi) is 3.50. The molecule has 0 aliphatic rings. The highest BCUT2D eigenvalue weighted by Crippen LogP contribution is 2.26. The molecule has 0 saturated carbocycles. The van der Waals surface area contributed by atoms with Crippen LogP contribution < -0.4 is 5.73 Å². The fourth-order valence-electron chi connectivity index (χ4n) is 2.65. The van der Waals surface area contributed by atoms with Crippen molar-refractivity contribution in [1.82, 2.24) is 9.78 Å². The Labute approximate surface area is 115 Å². The SMILES string of the molecule is Cc1ccc(C)c(C(C)(N)Cc2cc(C)nn2C)c1. The van der Waals surface area contributed by atoms with Crippen molar-refractivity contribution in [1.29, 1.82) is 0 Å². The summed E-state index contributed by atoms with van der Waals surface area (Å²) in [5, 5.41) is 4.39. The Morgan fingerprint density at radius 2 is 1.89 bits per heavy atom. The summed E-state index contributed by atoms with van der Waals surface area (Å²) in [4.78, 5) is 0. The highest BCUT2D eigenvalue weighted by Gasteiger charge is 2.25. The number of nitrogens with zero attached hydrogens (tertiary/aromatic N) is 2. The van der Waals surface area contributed by atoms with Crippen LogP contribution in [0.3, 0.4) is 0 Å². The zero-order valence-corrected chi connectivity index (χ0v) is 12.5. The molecule has 2 rings (SSSR count). The van der Waals surface area contributed by atoms with Crippen LogP contribution in [0, 0.1) is 20.8 Å². The Morgan fingerprint density at radius 1 is 1.21 bits per heavy atom. The first kappa shape index (κ1) is 13.8. The van der Waals surface area contributed by atoms with E-state index in [4.69, 9.17) is 5.73 Å². The summed E-state index contributed by atoms with van der Waals surface area (Å²) < 4.78 is 1.92. The minimum absolute atomic E-state index is 0.379. The molecule has 1 atom stereocenters. The van der Waals surface area contributed by atoms with Crippen molar-refractivity contribution in [3.05, 3.63) is 52.3 Å². The highest BCUT2D eigenvalue weighted by molar-refractivity contribution is 5.36. The first-order chi connectivity index (χ1) is 8.79. The molecule has 3 heteroatoms. The van der Waals surface area contributed by atoms with Crippen LogP contribution in [-0.4, -0.2) is 9.78 Å². The summed E-state index contributed by atoms with van der Waals surface area (Å²) in [7, 11) is 1.97. The molecule has 1 aromatic heterocycles. The van der Waals surface area contributed by atoms with E-state index in [1.165, 1.54) is 22.4 Å². The standard InChI is InChI=1S/C16H23N3/c1-11-6-7-12(2)15(8-11)16(4,17)10-14-9-13(3)18-19(14)5/h6-9H,10,17H2,1-5H3. The van der Waals surface area contributed by atoms with Crippen LogP contribution in [0.2, 0.25) is 0 Å². The topological polar surface area (TPSA) is 43.8 Å². The zero-order chi connectivity index (χ0) is 14.2. The Hall–Kier alpha value is -1.61. The van der Waals surface area contributed by atoms with E-state index in [0.29, 0.717) is 0 Å². The van der Waals surface area contributed by atoms with Gasteiger partial charge in [-0.2, -0.15) is 5.10 Å². The van der Waals surface area contributed by atoms with Crippen molar-refractivity contribution < 1.29 is 0 Å². The largest absolute Gasteiger partial charge is 0.321 e. The van der Waals surface area contributed by atoms with Gasteiger partial charge in [0, 0.05) is 24.7 Å². The molecule has 2 aromatic rings. The predicted molar refractivity (Wildman–Crippen MR) is 79.1 cm³/mol. The van der Waals surface area contributed by atoms with Crippen molar-refractivity contribution in [2.24, 2.45) is 12.8 Å². The maximum Gasteiger partial charge on any atom is 0.0596 e. The fraction of sp³-hybridized carbons (Fsp3) is 0.438. The smallest absolute Gasteiger partial charge is 0.0596 e. The van der Waals surface area contributed by atoms with E-state index in [9.17, 15) is 0 Å². The van der Waals surface area contributed by atoms with Gasteiger partial charge >= 0.3 is 0 Å². The molecule has 0 spiro atoms. The van der Waals surface area contributed by atoms with Crippen LogP contribution in [0.25, 0.3) is 0 Å². The summed E-state index contributed by atoms with van der Waals surface area (Å²) in [5.74, 6) is 0. The van der Waals surface area contributed by atoms with E-state index < -0.39 is 0 Å². The third-order valence-corrected chi connectivity index (χ3v) is 3.66. The fourth-order valence-corrected chi connectivity index (χ4v) is 2.65. The van der Waals surface area contributed by atoms with Crippen LogP contribution >= 0.6 is 0 Å². The molecule has 1 aromatic carbocycles. The zero-order valence-electron chi connectivity index (χ0n) is 12.5. The van der Waals surface area contributed by atoms with Crippen LogP contribution in [0.5, 0.6) is 0 Å². The average Bonchev–Trinajstić information content (AvgIpc) is 2.60. The number of benzene rings is 1. The van der Waals surface area contributed by atoms with E-state index in [-0.39, 0.29) is 5.54 Å². The van der Waals surface area contributed by atoms with E-state index in [1.54, 1.807) is 0 Å². The number of aryl methyl sites for hydroxylation is 4. The summed E-state index contributed by atoms with van der Waals surface area (Å²) in [5.41, 5.74) is 12.1. The van der Waals surface area contributed by atoms with Gasteiger partial charge in [-0.05, 0) is 44.9 Å². The average molecular weight is 257 g/mol. The molecule has 1 unspecified atom stereocenters. The second-order valence-corrected chi connectivity index (χ2v) is 5.81. The Bertz CT molecular complexity index is 594.